The second-order valence-corrected chi connectivity index (χ2v) is 9.58. The highest BCUT2D eigenvalue weighted by molar-refractivity contribution is 7.79. The van der Waals surface area contributed by atoms with E-state index in [-0.39, 0.29) is 16.6 Å². The molecule has 1 unspecified atom stereocenters. The lowest BCUT2D eigenvalue weighted by molar-refractivity contribution is 0.219. The minimum Gasteiger partial charge on any atom is -0.767 e. The molecule has 1 spiro atoms. The van der Waals surface area contributed by atoms with Crippen molar-refractivity contribution in [3.63, 3.8) is 0 Å². The van der Waals surface area contributed by atoms with E-state index in [9.17, 15) is 8.76 Å². The number of nitrogens with zero attached hydrogens (tertiary/aromatic N) is 6. The molecule has 0 bridgehead atoms. The number of rotatable bonds is 4. The average Bonchev–Trinajstić information content (AvgIpc) is 3.20. The van der Waals surface area contributed by atoms with Gasteiger partial charge < -0.3 is 14.6 Å². The molecule has 1 aliphatic heterocycles. The third-order valence-corrected chi connectivity index (χ3v) is 6.89. The van der Waals surface area contributed by atoms with Gasteiger partial charge in [-0.25, -0.2) is 15.0 Å². The SMILES string of the molecule is COC1=NN(C(C)C)c2cc3cnc(Nc4ccc(S(=O)[O-])nc4)nc3n2C12CCCCC2. The largest absolute Gasteiger partial charge is 0.767 e. The number of aromatic nitrogens is 4. The average molecular weight is 469 g/mol. The molecule has 1 saturated carbocycles. The topological polar surface area (TPSA) is 121 Å². The van der Waals surface area contributed by atoms with Crippen LogP contribution in [0.1, 0.15) is 46.0 Å². The Balaban J connectivity index is 1.62. The van der Waals surface area contributed by atoms with Crippen LogP contribution in [-0.4, -0.2) is 47.3 Å². The van der Waals surface area contributed by atoms with Gasteiger partial charge in [0, 0.05) is 17.6 Å². The van der Waals surface area contributed by atoms with E-state index in [0.717, 1.165) is 48.4 Å². The Morgan fingerprint density at radius 1 is 1.18 bits per heavy atom. The van der Waals surface area contributed by atoms with E-state index < -0.39 is 11.1 Å². The van der Waals surface area contributed by atoms with Gasteiger partial charge in [-0.05, 0) is 56.0 Å². The number of pyridine rings is 1. The van der Waals surface area contributed by atoms with Gasteiger partial charge in [0.1, 0.15) is 22.0 Å². The minimum atomic E-state index is -2.37. The molecular formula is C22H26N7O3S-. The van der Waals surface area contributed by atoms with Crippen molar-refractivity contribution in [1.29, 1.82) is 0 Å². The second-order valence-electron chi connectivity index (χ2n) is 8.70. The minimum absolute atomic E-state index is 0.0167. The summed E-state index contributed by atoms with van der Waals surface area (Å²) in [5.41, 5.74) is 1.04. The van der Waals surface area contributed by atoms with Gasteiger partial charge in [0.05, 0.1) is 19.0 Å². The van der Waals surface area contributed by atoms with Gasteiger partial charge >= 0.3 is 0 Å². The van der Waals surface area contributed by atoms with E-state index >= 15 is 0 Å². The molecule has 0 aromatic carbocycles. The van der Waals surface area contributed by atoms with Gasteiger partial charge in [-0.15, -0.1) is 5.10 Å². The van der Waals surface area contributed by atoms with Gasteiger partial charge in [0.15, 0.2) is 0 Å². The molecule has 0 radical (unpaired) electrons. The van der Waals surface area contributed by atoms with Crippen LogP contribution in [0, 0.1) is 0 Å². The Morgan fingerprint density at radius 2 is 1.97 bits per heavy atom. The molecule has 4 heterocycles. The van der Waals surface area contributed by atoms with Crippen molar-refractivity contribution in [3.8, 4) is 0 Å². The van der Waals surface area contributed by atoms with Crippen LogP contribution in [0.15, 0.2) is 40.7 Å². The third kappa shape index (κ3) is 3.65. The summed E-state index contributed by atoms with van der Waals surface area (Å²) in [6.45, 7) is 4.20. The molecule has 1 N–H and O–H groups in total. The van der Waals surface area contributed by atoms with Gasteiger partial charge in [-0.1, -0.05) is 19.3 Å². The lowest BCUT2D eigenvalue weighted by Gasteiger charge is -2.44. The summed E-state index contributed by atoms with van der Waals surface area (Å²) in [5, 5.41) is 10.9. The number of hydrazone groups is 1. The van der Waals surface area contributed by atoms with Crippen LogP contribution >= 0.6 is 0 Å². The predicted molar refractivity (Wildman–Crippen MR) is 125 cm³/mol. The van der Waals surface area contributed by atoms with Crippen LogP contribution in [0.25, 0.3) is 11.0 Å². The fourth-order valence-electron chi connectivity index (χ4n) is 4.83. The number of hydrogen-bond acceptors (Lipinski definition) is 9. The third-order valence-electron chi connectivity index (χ3n) is 6.31. The maximum Gasteiger partial charge on any atom is 0.232 e. The zero-order valence-corrected chi connectivity index (χ0v) is 19.6. The number of ether oxygens (including phenoxy) is 1. The number of hydrogen-bond donors (Lipinski definition) is 1. The fraction of sp³-hybridized carbons (Fsp3) is 0.455. The Kier molecular flexibility index (Phi) is 5.53. The zero-order chi connectivity index (χ0) is 23.2. The van der Waals surface area contributed by atoms with E-state index in [1.54, 1.807) is 19.4 Å². The highest BCUT2D eigenvalue weighted by Crippen LogP contribution is 2.45. The highest BCUT2D eigenvalue weighted by Gasteiger charge is 2.47. The number of methoxy groups -OCH3 is 1. The van der Waals surface area contributed by atoms with Crippen molar-refractivity contribution >= 4 is 45.5 Å². The second kappa shape index (κ2) is 8.38. The quantitative estimate of drug-likeness (QED) is 0.576. The van der Waals surface area contributed by atoms with Crippen molar-refractivity contribution in [1.82, 2.24) is 19.5 Å². The molecule has 1 atom stereocenters. The molecule has 10 nitrogen and oxygen atoms in total. The first-order chi connectivity index (χ1) is 15.9. The van der Waals surface area contributed by atoms with Crippen LogP contribution in [0.4, 0.5) is 17.5 Å². The Bertz CT molecular complexity index is 1230. The van der Waals surface area contributed by atoms with Gasteiger partial charge in [0.25, 0.3) is 0 Å². The predicted octanol–water partition coefficient (Wildman–Crippen LogP) is 3.66. The maximum absolute atomic E-state index is 11.1. The monoisotopic (exact) mass is 468 g/mol. The number of fused-ring (bicyclic) bond motifs is 4. The normalized spacial score (nSPS) is 18.3. The molecule has 0 saturated heterocycles. The molecule has 0 amide bonds. The molecule has 1 fully saturated rings. The van der Waals surface area contributed by atoms with Gasteiger partial charge in [-0.3, -0.25) is 8.78 Å². The summed E-state index contributed by atoms with van der Waals surface area (Å²) in [6, 6.07) is 5.30. The van der Waals surface area contributed by atoms with E-state index in [2.05, 4.69) is 39.8 Å². The lowest BCUT2D eigenvalue weighted by atomic mass is 9.80. The number of nitrogens with one attached hydrogen (secondary N) is 1. The van der Waals surface area contributed by atoms with Crippen molar-refractivity contribution in [3.05, 3.63) is 30.6 Å². The Labute approximate surface area is 194 Å². The zero-order valence-electron chi connectivity index (χ0n) is 18.8. The first kappa shape index (κ1) is 21.8. The summed E-state index contributed by atoms with van der Waals surface area (Å²) in [4.78, 5) is 13.3. The standard InChI is InChI=1S/C22H27N7O3S/c1-14(2)29-18-11-15-12-24-21(25-16-7-8-17(23-13-16)33(30)31)26-19(15)28(18)22(20(27-29)32-3)9-5-4-6-10-22/h7-8,11-14H,4-6,9-10H2,1-3H3,(H,30,31)(H,24,25,26)/p-1. The Morgan fingerprint density at radius 3 is 2.61 bits per heavy atom. The molecule has 1 aliphatic carbocycles. The molecule has 3 aromatic heterocycles. The van der Waals surface area contributed by atoms with E-state index in [1.165, 1.54) is 18.7 Å². The molecular weight excluding hydrogens is 442 g/mol. The van der Waals surface area contributed by atoms with E-state index in [0.29, 0.717) is 11.6 Å². The lowest BCUT2D eigenvalue weighted by Crippen LogP contribution is -2.50. The molecule has 11 heteroatoms. The summed E-state index contributed by atoms with van der Waals surface area (Å²) in [6.07, 6.45) is 8.51. The summed E-state index contributed by atoms with van der Waals surface area (Å²) in [5.74, 6) is 2.11. The molecule has 174 valence electrons. The summed E-state index contributed by atoms with van der Waals surface area (Å²) < 4.78 is 30.3. The van der Waals surface area contributed by atoms with Crippen molar-refractivity contribution in [2.45, 2.75) is 62.6 Å². The van der Waals surface area contributed by atoms with E-state index in [4.69, 9.17) is 14.8 Å². The van der Waals surface area contributed by atoms with Crippen molar-refractivity contribution in [2.24, 2.45) is 5.10 Å². The van der Waals surface area contributed by atoms with Crippen LogP contribution in [0.5, 0.6) is 0 Å². The highest BCUT2D eigenvalue weighted by atomic mass is 32.2. The Hall–Kier alpha value is -3.05. The van der Waals surface area contributed by atoms with E-state index in [1.807, 2.05) is 5.01 Å². The molecule has 3 aromatic rings. The van der Waals surface area contributed by atoms with Crippen molar-refractivity contribution in [2.75, 3.05) is 17.4 Å². The smallest absolute Gasteiger partial charge is 0.232 e. The first-order valence-electron chi connectivity index (χ1n) is 11.1. The molecule has 2 aliphatic rings. The maximum atomic E-state index is 11.1. The first-order valence-corrected chi connectivity index (χ1v) is 12.1. The van der Waals surface area contributed by atoms with Crippen LogP contribution < -0.4 is 10.3 Å². The number of anilines is 3. The van der Waals surface area contributed by atoms with Crippen LogP contribution in [-0.2, 0) is 21.4 Å². The fourth-order valence-corrected chi connectivity index (χ4v) is 5.15. The van der Waals surface area contributed by atoms with Crippen LogP contribution in [0.2, 0.25) is 0 Å². The van der Waals surface area contributed by atoms with Gasteiger partial charge in [-0.2, -0.15) is 4.98 Å². The van der Waals surface area contributed by atoms with Crippen molar-refractivity contribution < 1.29 is 13.5 Å². The molecule has 5 rings (SSSR count). The van der Waals surface area contributed by atoms with Gasteiger partial charge in [0.2, 0.25) is 11.8 Å². The summed E-state index contributed by atoms with van der Waals surface area (Å²) >= 11 is -2.37. The summed E-state index contributed by atoms with van der Waals surface area (Å²) in [7, 11) is 1.69. The van der Waals surface area contributed by atoms with Crippen LogP contribution in [0.3, 0.4) is 0 Å². The molecule has 33 heavy (non-hydrogen) atoms.